The zero-order valence-electron chi connectivity index (χ0n) is 9.78. The van der Waals surface area contributed by atoms with E-state index < -0.39 is 6.36 Å². The van der Waals surface area contributed by atoms with Gasteiger partial charge in [0.25, 0.3) is 0 Å². The standard InChI is InChI=1S/C12H15F3N2O/c13-12(14,15)18-6-5-17-8-10(16)7-9-3-1-2-4-11(9)17/h1-4,10H,5-8,16H2. The van der Waals surface area contributed by atoms with Crippen molar-refractivity contribution in [2.75, 3.05) is 24.6 Å². The van der Waals surface area contributed by atoms with Gasteiger partial charge in [0.1, 0.15) is 0 Å². The molecule has 1 aromatic carbocycles. The van der Waals surface area contributed by atoms with E-state index in [0.29, 0.717) is 6.54 Å². The molecular weight excluding hydrogens is 245 g/mol. The highest BCUT2D eigenvalue weighted by molar-refractivity contribution is 5.56. The van der Waals surface area contributed by atoms with Crippen LogP contribution in [0.1, 0.15) is 5.56 Å². The van der Waals surface area contributed by atoms with Gasteiger partial charge in [0.15, 0.2) is 0 Å². The van der Waals surface area contributed by atoms with Crippen LogP contribution in [-0.4, -0.2) is 32.1 Å². The Morgan fingerprint density at radius 3 is 2.78 bits per heavy atom. The third-order valence-corrected chi connectivity index (χ3v) is 2.90. The predicted molar refractivity (Wildman–Crippen MR) is 62.3 cm³/mol. The van der Waals surface area contributed by atoms with Gasteiger partial charge >= 0.3 is 6.36 Å². The molecular formula is C12H15F3N2O. The van der Waals surface area contributed by atoms with Crippen molar-refractivity contribution in [2.24, 2.45) is 5.73 Å². The molecule has 0 aliphatic carbocycles. The van der Waals surface area contributed by atoms with Crippen LogP contribution in [0.2, 0.25) is 0 Å². The third-order valence-electron chi connectivity index (χ3n) is 2.90. The van der Waals surface area contributed by atoms with Gasteiger partial charge in [0, 0.05) is 24.8 Å². The molecule has 2 N–H and O–H groups in total. The molecule has 0 amide bonds. The second-order valence-electron chi connectivity index (χ2n) is 4.33. The van der Waals surface area contributed by atoms with E-state index in [-0.39, 0.29) is 19.2 Å². The van der Waals surface area contributed by atoms with Gasteiger partial charge < -0.3 is 10.6 Å². The molecule has 0 saturated heterocycles. The van der Waals surface area contributed by atoms with Crippen LogP contribution in [0.4, 0.5) is 18.9 Å². The first-order valence-corrected chi connectivity index (χ1v) is 5.75. The number of benzene rings is 1. The highest BCUT2D eigenvalue weighted by Crippen LogP contribution is 2.26. The molecule has 1 aliphatic rings. The molecule has 1 heterocycles. The first kappa shape index (κ1) is 13.2. The fourth-order valence-corrected chi connectivity index (χ4v) is 2.20. The minimum absolute atomic E-state index is 0.0502. The molecule has 0 bridgehead atoms. The maximum absolute atomic E-state index is 11.9. The van der Waals surface area contributed by atoms with Crippen LogP contribution in [0, 0.1) is 0 Å². The summed E-state index contributed by atoms with van der Waals surface area (Å²) in [6, 6.07) is 7.57. The van der Waals surface area contributed by atoms with Crippen molar-refractivity contribution in [3.63, 3.8) is 0 Å². The number of anilines is 1. The monoisotopic (exact) mass is 260 g/mol. The number of para-hydroxylation sites is 1. The number of hydrogen-bond donors (Lipinski definition) is 1. The van der Waals surface area contributed by atoms with Gasteiger partial charge in [-0.25, -0.2) is 0 Å². The number of rotatable bonds is 3. The smallest absolute Gasteiger partial charge is 0.367 e. The molecule has 1 aliphatic heterocycles. The van der Waals surface area contributed by atoms with Gasteiger partial charge in [-0.05, 0) is 18.1 Å². The molecule has 2 rings (SSSR count). The van der Waals surface area contributed by atoms with Crippen molar-refractivity contribution in [3.8, 4) is 0 Å². The van der Waals surface area contributed by atoms with Gasteiger partial charge in [-0.15, -0.1) is 13.2 Å². The zero-order valence-corrected chi connectivity index (χ0v) is 9.78. The largest absolute Gasteiger partial charge is 0.522 e. The minimum atomic E-state index is -4.57. The number of hydrogen-bond acceptors (Lipinski definition) is 3. The fourth-order valence-electron chi connectivity index (χ4n) is 2.20. The van der Waals surface area contributed by atoms with E-state index in [2.05, 4.69) is 4.74 Å². The van der Waals surface area contributed by atoms with E-state index in [0.717, 1.165) is 17.7 Å². The molecule has 1 aromatic rings. The number of nitrogens with zero attached hydrogens (tertiary/aromatic N) is 1. The molecule has 0 radical (unpaired) electrons. The average Bonchev–Trinajstić information content (AvgIpc) is 2.27. The molecule has 0 saturated carbocycles. The number of fused-ring (bicyclic) bond motifs is 1. The molecule has 6 heteroatoms. The quantitative estimate of drug-likeness (QED) is 0.902. The number of alkyl halides is 3. The second kappa shape index (κ2) is 5.16. The summed E-state index contributed by atoms with van der Waals surface area (Å²) < 4.78 is 39.6. The van der Waals surface area contributed by atoms with Gasteiger partial charge in [-0.3, -0.25) is 4.74 Å². The van der Waals surface area contributed by atoms with Crippen LogP contribution >= 0.6 is 0 Å². The average molecular weight is 260 g/mol. The summed E-state index contributed by atoms with van der Waals surface area (Å²) in [5.74, 6) is 0. The topological polar surface area (TPSA) is 38.5 Å². The summed E-state index contributed by atoms with van der Waals surface area (Å²) in [5.41, 5.74) is 7.91. The summed E-state index contributed by atoms with van der Waals surface area (Å²) in [7, 11) is 0. The number of ether oxygens (including phenoxy) is 1. The third kappa shape index (κ3) is 3.36. The van der Waals surface area contributed by atoms with E-state index in [1.165, 1.54) is 0 Å². The summed E-state index contributed by atoms with van der Waals surface area (Å²) in [6.45, 7) is 0.354. The minimum Gasteiger partial charge on any atom is -0.367 e. The Morgan fingerprint density at radius 2 is 2.06 bits per heavy atom. The molecule has 100 valence electrons. The number of halogens is 3. The van der Waals surface area contributed by atoms with Gasteiger partial charge in [0.05, 0.1) is 6.61 Å². The van der Waals surface area contributed by atoms with Crippen molar-refractivity contribution in [1.29, 1.82) is 0 Å². The van der Waals surface area contributed by atoms with Gasteiger partial charge in [0.2, 0.25) is 0 Å². The maximum Gasteiger partial charge on any atom is 0.522 e. The van der Waals surface area contributed by atoms with Crippen molar-refractivity contribution in [2.45, 2.75) is 18.8 Å². The highest BCUT2D eigenvalue weighted by Gasteiger charge is 2.29. The van der Waals surface area contributed by atoms with E-state index in [9.17, 15) is 13.2 Å². The van der Waals surface area contributed by atoms with E-state index in [4.69, 9.17) is 5.73 Å². The summed E-state index contributed by atoms with van der Waals surface area (Å²) in [5, 5.41) is 0. The number of nitrogens with two attached hydrogens (primary N) is 1. The molecule has 18 heavy (non-hydrogen) atoms. The Kier molecular flexibility index (Phi) is 3.77. The molecule has 0 aromatic heterocycles. The van der Waals surface area contributed by atoms with Gasteiger partial charge in [-0.2, -0.15) is 0 Å². The first-order chi connectivity index (χ1) is 8.46. The van der Waals surface area contributed by atoms with Crippen molar-refractivity contribution < 1.29 is 17.9 Å². The molecule has 0 spiro atoms. The second-order valence-corrected chi connectivity index (χ2v) is 4.33. The highest BCUT2D eigenvalue weighted by atomic mass is 19.4. The Balaban J connectivity index is 2.01. The zero-order chi connectivity index (χ0) is 13.2. The van der Waals surface area contributed by atoms with Crippen molar-refractivity contribution in [3.05, 3.63) is 29.8 Å². The lowest BCUT2D eigenvalue weighted by Crippen LogP contribution is -2.44. The van der Waals surface area contributed by atoms with E-state index in [1.807, 2.05) is 29.2 Å². The van der Waals surface area contributed by atoms with Crippen LogP contribution in [0.5, 0.6) is 0 Å². The van der Waals surface area contributed by atoms with E-state index >= 15 is 0 Å². The fraction of sp³-hybridized carbons (Fsp3) is 0.500. The van der Waals surface area contributed by atoms with Crippen molar-refractivity contribution >= 4 is 5.69 Å². The van der Waals surface area contributed by atoms with Crippen LogP contribution in [0.15, 0.2) is 24.3 Å². The van der Waals surface area contributed by atoms with E-state index in [1.54, 1.807) is 0 Å². The molecule has 3 nitrogen and oxygen atoms in total. The lowest BCUT2D eigenvalue weighted by Gasteiger charge is -2.34. The summed E-state index contributed by atoms with van der Waals surface area (Å²) >= 11 is 0. The Hall–Kier alpha value is -1.27. The van der Waals surface area contributed by atoms with Crippen molar-refractivity contribution in [1.82, 2.24) is 0 Å². The van der Waals surface area contributed by atoms with Crippen LogP contribution < -0.4 is 10.6 Å². The Labute approximate surface area is 103 Å². The molecule has 0 fully saturated rings. The van der Waals surface area contributed by atoms with Gasteiger partial charge in [-0.1, -0.05) is 18.2 Å². The summed E-state index contributed by atoms with van der Waals surface area (Å²) in [4.78, 5) is 1.84. The molecule has 1 atom stereocenters. The SMILES string of the molecule is NC1Cc2ccccc2N(CCOC(F)(F)F)C1. The molecule has 1 unspecified atom stereocenters. The maximum atomic E-state index is 11.9. The summed E-state index contributed by atoms with van der Waals surface area (Å²) in [6.07, 6.45) is -3.82. The van der Waals surface area contributed by atoms with Crippen LogP contribution in [0.3, 0.4) is 0 Å². The Bertz CT molecular complexity index is 409. The lowest BCUT2D eigenvalue weighted by atomic mass is 9.98. The predicted octanol–water partition coefficient (Wildman–Crippen LogP) is 1.91. The lowest BCUT2D eigenvalue weighted by molar-refractivity contribution is -0.323. The Morgan fingerprint density at radius 1 is 1.33 bits per heavy atom. The van der Waals surface area contributed by atoms with Crippen LogP contribution in [-0.2, 0) is 11.2 Å². The van der Waals surface area contributed by atoms with Crippen LogP contribution in [0.25, 0.3) is 0 Å². The normalized spacial score (nSPS) is 19.8. The first-order valence-electron chi connectivity index (χ1n) is 5.75.